The molecule has 2 aromatic carbocycles. The number of carbonyl (C=O) groups is 3. The lowest BCUT2D eigenvalue weighted by molar-refractivity contribution is -0.114. The number of amides is 1. The van der Waals surface area contributed by atoms with Crippen molar-refractivity contribution in [3.8, 4) is 11.5 Å². The summed E-state index contributed by atoms with van der Waals surface area (Å²) in [6, 6.07) is 9.22. The molecule has 0 aliphatic heterocycles. The number of phenolic OH excluding ortho intramolecular Hbond substituents is 1. The van der Waals surface area contributed by atoms with Gasteiger partial charge in [-0.3, -0.25) is 9.59 Å². The highest BCUT2D eigenvalue weighted by Crippen LogP contribution is 2.30. The molecule has 0 aliphatic rings. The molecule has 8 heteroatoms. The minimum absolute atomic E-state index is 0.0983. The van der Waals surface area contributed by atoms with Crippen LogP contribution in [0, 0.1) is 0 Å². The van der Waals surface area contributed by atoms with Crippen molar-refractivity contribution >= 4 is 35.1 Å². The summed E-state index contributed by atoms with van der Waals surface area (Å²) in [4.78, 5) is 36.6. The summed E-state index contributed by atoms with van der Waals surface area (Å²) in [5.41, 5.74) is 0.704. The Kier molecular flexibility index (Phi) is 6.84. The van der Waals surface area contributed by atoms with E-state index in [0.29, 0.717) is 11.3 Å². The second kappa shape index (κ2) is 9.09. The Bertz CT molecular complexity index is 880. The third kappa shape index (κ3) is 5.01. The highest BCUT2D eigenvalue weighted by Gasteiger charge is 2.18. The van der Waals surface area contributed by atoms with Crippen LogP contribution >= 0.6 is 11.8 Å². The number of carbonyl (C=O) groups excluding carboxylic acids is 3. The van der Waals surface area contributed by atoms with Crippen molar-refractivity contribution < 1.29 is 29.0 Å². The largest absolute Gasteiger partial charge is 0.504 e. The number of methoxy groups -OCH3 is 1. The summed E-state index contributed by atoms with van der Waals surface area (Å²) in [5.74, 6) is -1.76. The zero-order valence-corrected chi connectivity index (χ0v) is 15.9. The molecular formula is C19H19NO6S. The molecule has 0 heterocycles. The molecule has 0 saturated carbocycles. The summed E-state index contributed by atoms with van der Waals surface area (Å²) in [6.45, 7) is 0.870. The van der Waals surface area contributed by atoms with E-state index in [4.69, 9.17) is 9.47 Å². The second-order valence-electron chi connectivity index (χ2n) is 5.45. The second-order valence-corrected chi connectivity index (χ2v) is 6.30. The van der Waals surface area contributed by atoms with Gasteiger partial charge < -0.3 is 19.9 Å². The number of aromatic hydroxyl groups is 1. The number of phenols is 1. The van der Waals surface area contributed by atoms with Gasteiger partial charge >= 0.3 is 5.97 Å². The molecule has 0 atom stereocenters. The van der Waals surface area contributed by atoms with Crippen LogP contribution < -0.4 is 10.1 Å². The molecule has 0 bridgehead atoms. The van der Waals surface area contributed by atoms with Crippen LogP contribution in [-0.4, -0.2) is 42.7 Å². The smallest absolute Gasteiger partial charge is 0.342 e. The van der Waals surface area contributed by atoms with E-state index in [2.05, 4.69) is 5.32 Å². The lowest BCUT2D eigenvalue weighted by atomic mass is 10.1. The summed E-state index contributed by atoms with van der Waals surface area (Å²) in [5, 5.41) is 12.6. The van der Waals surface area contributed by atoms with Gasteiger partial charge in [-0.25, -0.2) is 4.79 Å². The molecule has 7 nitrogen and oxygen atoms in total. The Morgan fingerprint density at radius 2 is 1.93 bits per heavy atom. The Hall–Kier alpha value is -3.00. The van der Waals surface area contributed by atoms with Crippen LogP contribution in [0.15, 0.2) is 41.3 Å². The molecule has 0 aliphatic carbocycles. The predicted octanol–water partition coefficient (Wildman–Crippen LogP) is 3.12. The fraction of sp³-hybridized carbons (Fsp3) is 0.211. The van der Waals surface area contributed by atoms with E-state index < -0.39 is 18.4 Å². The molecule has 0 aromatic heterocycles. The van der Waals surface area contributed by atoms with Crippen molar-refractivity contribution in [2.45, 2.75) is 11.8 Å². The van der Waals surface area contributed by atoms with Gasteiger partial charge in [-0.15, -0.1) is 11.8 Å². The normalized spacial score (nSPS) is 10.2. The van der Waals surface area contributed by atoms with Crippen molar-refractivity contribution in [2.24, 2.45) is 0 Å². The molecule has 142 valence electrons. The number of rotatable bonds is 7. The molecule has 0 fully saturated rings. The zero-order chi connectivity index (χ0) is 20.0. The van der Waals surface area contributed by atoms with E-state index in [1.165, 1.54) is 50.1 Å². The first-order chi connectivity index (χ1) is 12.9. The minimum atomic E-state index is -0.845. The van der Waals surface area contributed by atoms with E-state index in [1.54, 1.807) is 12.1 Å². The van der Waals surface area contributed by atoms with Crippen LogP contribution in [0.25, 0.3) is 0 Å². The molecule has 0 spiro atoms. The number of hydrogen-bond donors (Lipinski definition) is 2. The summed E-state index contributed by atoms with van der Waals surface area (Å²) in [6.07, 6.45) is 1.85. The molecule has 2 N–H and O–H groups in total. The lowest BCUT2D eigenvalue weighted by Crippen LogP contribution is -2.15. The van der Waals surface area contributed by atoms with E-state index >= 15 is 0 Å². The van der Waals surface area contributed by atoms with Gasteiger partial charge in [-0.2, -0.15) is 0 Å². The maximum atomic E-state index is 12.3. The van der Waals surface area contributed by atoms with E-state index in [-0.39, 0.29) is 23.0 Å². The van der Waals surface area contributed by atoms with Crippen molar-refractivity contribution in [1.82, 2.24) is 0 Å². The van der Waals surface area contributed by atoms with Crippen molar-refractivity contribution in [3.05, 3.63) is 47.5 Å². The number of ether oxygens (including phenoxy) is 2. The Morgan fingerprint density at radius 3 is 2.56 bits per heavy atom. The average molecular weight is 389 g/mol. The number of anilines is 1. The SMILES string of the molecule is COc1cccc(C(=O)OCC(=O)c2ccc(SC)c(NC(C)=O)c2)c1O. The van der Waals surface area contributed by atoms with E-state index in [1.807, 2.05) is 6.26 Å². The first kappa shape index (κ1) is 20.3. The number of ketones is 1. The van der Waals surface area contributed by atoms with Crippen LogP contribution in [-0.2, 0) is 9.53 Å². The third-order valence-electron chi connectivity index (χ3n) is 3.61. The molecule has 0 radical (unpaired) electrons. The number of benzene rings is 2. The quantitative estimate of drug-likeness (QED) is 0.426. The molecule has 0 unspecified atom stereocenters. The van der Waals surface area contributed by atoms with Crippen LogP contribution in [0.1, 0.15) is 27.6 Å². The molecule has 27 heavy (non-hydrogen) atoms. The van der Waals surface area contributed by atoms with Gasteiger partial charge in [-0.1, -0.05) is 12.1 Å². The maximum absolute atomic E-state index is 12.3. The number of esters is 1. The predicted molar refractivity (Wildman–Crippen MR) is 102 cm³/mol. The van der Waals surface area contributed by atoms with Gasteiger partial charge in [0.1, 0.15) is 5.56 Å². The minimum Gasteiger partial charge on any atom is -0.504 e. The number of nitrogens with one attached hydrogen (secondary N) is 1. The van der Waals surface area contributed by atoms with Crippen LogP contribution in [0.2, 0.25) is 0 Å². The molecule has 1 amide bonds. The van der Waals surface area contributed by atoms with Gasteiger partial charge in [0, 0.05) is 17.4 Å². The van der Waals surface area contributed by atoms with Gasteiger partial charge in [0.15, 0.2) is 23.9 Å². The van der Waals surface area contributed by atoms with Crippen molar-refractivity contribution in [1.29, 1.82) is 0 Å². The highest BCUT2D eigenvalue weighted by molar-refractivity contribution is 7.98. The first-order valence-electron chi connectivity index (χ1n) is 7.89. The Morgan fingerprint density at radius 1 is 1.19 bits per heavy atom. The van der Waals surface area contributed by atoms with Crippen molar-refractivity contribution in [2.75, 3.05) is 25.3 Å². The van der Waals surface area contributed by atoms with Crippen LogP contribution in [0.5, 0.6) is 11.5 Å². The van der Waals surface area contributed by atoms with E-state index in [0.717, 1.165) is 4.90 Å². The van der Waals surface area contributed by atoms with Crippen LogP contribution in [0.3, 0.4) is 0 Å². The van der Waals surface area contributed by atoms with Gasteiger partial charge in [0.25, 0.3) is 0 Å². The fourth-order valence-electron chi connectivity index (χ4n) is 2.31. The Balaban J connectivity index is 2.11. The number of thioether (sulfide) groups is 1. The fourth-order valence-corrected chi connectivity index (χ4v) is 2.85. The van der Waals surface area contributed by atoms with Crippen molar-refractivity contribution in [3.63, 3.8) is 0 Å². The number of hydrogen-bond acceptors (Lipinski definition) is 7. The number of para-hydroxylation sites is 1. The standard InChI is InChI=1S/C19H19NO6S/c1-11(21)20-14-9-12(7-8-17(14)27-3)15(22)10-26-19(24)13-5-4-6-16(25-2)18(13)23/h4-9,23H,10H2,1-3H3,(H,20,21). The van der Waals surface area contributed by atoms with Crippen LogP contribution in [0.4, 0.5) is 5.69 Å². The molecule has 0 saturated heterocycles. The zero-order valence-electron chi connectivity index (χ0n) is 15.1. The third-order valence-corrected chi connectivity index (χ3v) is 4.40. The van der Waals surface area contributed by atoms with Gasteiger partial charge in [-0.05, 0) is 30.5 Å². The monoisotopic (exact) mass is 389 g/mol. The summed E-state index contributed by atoms with van der Waals surface area (Å²) < 4.78 is 9.94. The molecule has 2 aromatic rings. The first-order valence-corrected chi connectivity index (χ1v) is 9.11. The van der Waals surface area contributed by atoms with Gasteiger partial charge in [0.05, 0.1) is 12.8 Å². The summed E-state index contributed by atoms with van der Waals surface area (Å²) in [7, 11) is 1.36. The topological polar surface area (TPSA) is 102 Å². The van der Waals surface area contributed by atoms with E-state index in [9.17, 15) is 19.5 Å². The lowest BCUT2D eigenvalue weighted by Gasteiger charge is -2.11. The maximum Gasteiger partial charge on any atom is 0.342 e. The Labute approximate surface area is 160 Å². The highest BCUT2D eigenvalue weighted by atomic mass is 32.2. The number of Topliss-reactive ketones (excluding diaryl/α,β-unsaturated/α-hetero) is 1. The average Bonchev–Trinajstić information content (AvgIpc) is 2.65. The molecular weight excluding hydrogens is 370 g/mol. The summed E-state index contributed by atoms with van der Waals surface area (Å²) >= 11 is 1.43. The van der Waals surface area contributed by atoms with Gasteiger partial charge in [0.2, 0.25) is 5.91 Å². The molecule has 2 rings (SSSR count).